The maximum atomic E-state index is 7.18. The summed E-state index contributed by atoms with van der Waals surface area (Å²) in [5, 5.41) is 7.69. The van der Waals surface area contributed by atoms with Gasteiger partial charge in [-0.3, -0.25) is 5.41 Å². The van der Waals surface area contributed by atoms with Crippen LogP contribution in [0.3, 0.4) is 0 Å². The summed E-state index contributed by atoms with van der Waals surface area (Å²) in [6, 6.07) is 0. The molecule has 0 fully saturated rings. The molecule has 1 unspecified atom stereocenters. The first-order valence-corrected chi connectivity index (χ1v) is 5.69. The number of amidine groups is 1. The summed E-state index contributed by atoms with van der Waals surface area (Å²) in [6.07, 6.45) is 2.88. The summed E-state index contributed by atoms with van der Waals surface area (Å²) in [5.74, 6) is 1.39. The fourth-order valence-electron chi connectivity index (χ4n) is 1.02. The van der Waals surface area contributed by atoms with Crippen molar-refractivity contribution >= 4 is 17.6 Å². The number of methoxy groups -OCH3 is 1. The van der Waals surface area contributed by atoms with Gasteiger partial charge in [0.15, 0.2) is 0 Å². The zero-order valence-electron chi connectivity index (χ0n) is 8.51. The lowest BCUT2D eigenvalue weighted by Gasteiger charge is -2.12. The molecule has 0 aliphatic heterocycles. The fraction of sp³-hybridized carbons (Fsp3) is 0.889. The highest BCUT2D eigenvalue weighted by Gasteiger charge is 2.07. The summed E-state index contributed by atoms with van der Waals surface area (Å²) < 4.78 is 4.96. The van der Waals surface area contributed by atoms with Gasteiger partial charge in [-0.15, -0.1) is 0 Å². The first-order valence-electron chi connectivity index (χ1n) is 4.64. The highest BCUT2D eigenvalue weighted by atomic mass is 32.2. The van der Waals surface area contributed by atoms with Crippen LogP contribution in [0.1, 0.15) is 26.2 Å². The lowest BCUT2D eigenvalue weighted by Crippen LogP contribution is -2.17. The molecule has 0 radical (unpaired) electrons. The largest absolute Gasteiger partial charge is 0.388 e. The molecule has 0 rings (SSSR count). The average Bonchev–Trinajstić information content (AvgIpc) is 2.09. The van der Waals surface area contributed by atoms with E-state index in [2.05, 4.69) is 6.92 Å². The Hall–Kier alpha value is -0.220. The average molecular weight is 204 g/mol. The maximum absolute atomic E-state index is 7.18. The predicted molar refractivity (Wildman–Crippen MR) is 59.6 cm³/mol. The highest BCUT2D eigenvalue weighted by Crippen LogP contribution is 2.18. The summed E-state index contributed by atoms with van der Waals surface area (Å²) >= 11 is 1.89. The summed E-state index contributed by atoms with van der Waals surface area (Å²) in [4.78, 5) is 0. The van der Waals surface area contributed by atoms with Crippen LogP contribution in [0.15, 0.2) is 0 Å². The molecular formula is C9H20N2OS. The molecule has 0 heterocycles. The Balaban J connectivity index is 3.42. The van der Waals surface area contributed by atoms with E-state index in [9.17, 15) is 0 Å². The van der Waals surface area contributed by atoms with E-state index in [-0.39, 0.29) is 0 Å². The highest BCUT2D eigenvalue weighted by molar-refractivity contribution is 7.99. The van der Waals surface area contributed by atoms with Crippen LogP contribution in [-0.2, 0) is 4.74 Å². The third-order valence-electron chi connectivity index (χ3n) is 1.75. The van der Waals surface area contributed by atoms with Crippen LogP contribution in [0.2, 0.25) is 0 Å². The minimum Gasteiger partial charge on any atom is -0.388 e. The van der Waals surface area contributed by atoms with Gasteiger partial charge in [-0.2, -0.15) is 11.8 Å². The molecule has 0 bridgehead atoms. The Labute approximate surface area is 84.9 Å². The van der Waals surface area contributed by atoms with E-state index in [4.69, 9.17) is 15.9 Å². The molecule has 1 atom stereocenters. The minimum atomic E-state index is 0.297. The Bertz CT molecular complexity index is 142. The van der Waals surface area contributed by atoms with Gasteiger partial charge in [0, 0.05) is 25.4 Å². The molecule has 78 valence electrons. The SMILES string of the molecule is CCC(CC(=N)N)SCCCOC. The number of nitrogens with two attached hydrogens (primary N) is 1. The number of rotatable bonds is 8. The predicted octanol–water partition coefficient (Wildman–Crippen LogP) is 1.86. The molecule has 3 nitrogen and oxygen atoms in total. The van der Waals surface area contributed by atoms with E-state index in [0.29, 0.717) is 17.5 Å². The van der Waals surface area contributed by atoms with E-state index < -0.39 is 0 Å². The lowest BCUT2D eigenvalue weighted by atomic mass is 10.2. The van der Waals surface area contributed by atoms with E-state index in [1.807, 2.05) is 11.8 Å². The Morgan fingerprint density at radius 2 is 2.31 bits per heavy atom. The smallest absolute Gasteiger partial charge is 0.0916 e. The first-order chi connectivity index (χ1) is 6.20. The molecular weight excluding hydrogens is 184 g/mol. The number of hydrogen-bond donors (Lipinski definition) is 2. The van der Waals surface area contributed by atoms with Crippen molar-refractivity contribution in [1.29, 1.82) is 5.41 Å². The van der Waals surface area contributed by atoms with Gasteiger partial charge in [0.05, 0.1) is 5.84 Å². The number of thioether (sulfide) groups is 1. The molecule has 0 aliphatic rings. The molecule has 0 saturated carbocycles. The quantitative estimate of drug-likeness (QED) is 0.360. The zero-order valence-corrected chi connectivity index (χ0v) is 9.32. The van der Waals surface area contributed by atoms with Crippen molar-refractivity contribution < 1.29 is 4.74 Å². The molecule has 0 aromatic rings. The van der Waals surface area contributed by atoms with Gasteiger partial charge in [0.1, 0.15) is 0 Å². The molecule has 3 N–H and O–H groups in total. The second kappa shape index (κ2) is 8.38. The third kappa shape index (κ3) is 8.12. The summed E-state index contributed by atoms with van der Waals surface area (Å²) in [6.45, 7) is 2.96. The molecule has 0 amide bonds. The van der Waals surface area contributed by atoms with Crippen LogP contribution in [0.4, 0.5) is 0 Å². The second-order valence-electron chi connectivity index (χ2n) is 2.98. The topological polar surface area (TPSA) is 59.1 Å². The van der Waals surface area contributed by atoms with Crippen LogP contribution < -0.4 is 5.73 Å². The molecule has 4 heteroatoms. The Kier molecular flexibility index (Phi) is 8.24. The van der Waals surface area contributed by atoms with E-state index >= 15 is 0 Å². The third-order valence-corrected chi connectivity index (χ3v) is 3.25. The van der Waals surface area contributed by atoms with Gasteiger partial charge in [-0.25, -0.2) is 0 Å². The molecule has 0 spiro atoms. The van der Waals surface area contributed by atoms with Gasteiger partial charge in [0.2, 0.25) is 0 Å². The van der Waals surface area contributed by atoms with Crippen LogP contribution in [-0.4, -0.2) is 30.6 Å². The number of nitrogens with one attached hydrogen (secondary N) is 1. The van der Waals surface area contributed by atoms with Crippen LogP contribution in [0.25, 0.3) is 0 Å². The Morgan fingerprint density at radius 1 is 1.62 bits per heavy atom. The van der Waals surface area contributed by atoms with Gasteiger partial charge in [-0.1, -0.05) is 6.92 Å². The van der Waals surface area contributed by atoms with Gasteiger partial charge < -0.3 is 10.5 Å². The second-order valence-corrected chi connectivity index (χ2v) is 4.39. The van der Waals surface area contributed by atoms with Crippen molar-refractivity contribution in [1.82, 2.24) is 0 Å². The van der Waals surface area contributed by atoms with Crippen LogP contribution >= 0.6 is 11.8 Å². The number of ether oxygens (including phenoxy) is 1. The first kappa shape index (κ1) is 12.8. The van der Waals surface area contributed by atoms with E-state index in [1.54, 1.807) is 7.11 Å². The molecule has 0 saturated heterocycles. The van der Waals surface area contributed by atoms with Crippen molar-refractivity contribution in [2.75, 3.05) is 19.5 Å². The molecule has 0 aliphatic carbocycles. The maximum Gasteiger partial charge on any atom is 0.0916 e. The van der Waals surface area contributed by atoms with E-state index in [0.717, 1.165) is 25.2 Å². The van der Waals surface area contributed by atoms with Gasteiger partial charge in [-0.05, 0) is 18.6 Å². The Morgan fingerprint density at radius 3 is 2.77 bits per heavy atom. The zero-order chi connectivity index (χ0) is 10.1. The van der Waals surface area contributed by atoms with Crippen molar-refractivity contribution in [3.8, 4) is 0 Å². The standard InChI is InChI=1S/C9H20N2OS/c1-3-8(7-9(10)11)13-6-4-5-12-2/h8H,3-7H2,1-2H3,(H3,10,11). The van der Waals surface area contributed by atoms with E-state index in [1.165, 1.54) is 0 Å². The van der Waals surface area contributed by atoms with Crippen molar-refractivity contribution in [3.63, 3.8) is 0 Å². The molecule has 0 aromatic heterocycles. The van der Waals surface area contributed by atoms with Crippen LogP contribution in [0, 0.1) is 5.41 Å². The minimum absolute atomic E-state index is 0.297. The molecule has 0 aromatic carbocycles. The van der Waals surface area contributed by atoms with Gasteiger partial charge in [0.25, 0.3) is 0 Å². The lowest BCUT2D eigenvalue weighted by molar-refractivity contribution is 0.200. The van der Waals surface area contributed by atoms with Crippen molar-refractivity contribution in [2.24, 2.45) is 5.73 Å². The number of hydrogen-bond acceptors (Lipinski definition) is 3. The van der Waals surface area contributed by atoms with Crippen molar-refractivity contribution in [3.05, 3.63) is 0 Å². The normalized spacial score (nSPS) is 12.8. The monoisotopic (exact) mass is 204 g/mol. The molecule has 13 heavy (non-hydrogen) atoms. The van der Waals surface area contributed by atoms with Crippen molar-refractivity contribution in [2.45, 2.75) is 31.4 Å². The summed E-state index contributed by atoms with van der Waals surface area (Å²) in [5.41, 5.74) is 5.34. The van der Waals surface area contributed by atoms with Crippen LogP contribution in [0.5, 0.6) is 0 Å². The summed E-state index contributed by atoms with van der Waals surface area (Å²) in [7, 11) is 1.72. The van der Waals surface area contributed by atoms with Gasteiger partial charge >= 0.3 is 0 Å². The fourth-order valence-corrected chi connectivity index (χ4v) is 2.17.